The molecular weight excluding hydrogens is 458 g/mol. The number of fused-ring (bicyclic) bond motifs is 1. The van der Waals surface area contributed by atoms with Crippen LogP contribution in [0.1, 0.15) is 30.9 Å². The molecule has 1 aliphatic heterocycles. The Hall–Kier alpha value is -3.66. The van der Waals surface area contributed by atoms with Crippen LogP contribution in [-0.2, 0) is 30.8 Å². The van der Waals surface area contributed by atoms with Gasteiger partial charge in [0.05, 0.1) is 10.6 Å². The van der Waals surface area contributed by atoms with Gasteiger partial charge in [-0.15, -0.1) is 0 Å². The van der Waals surface area contributed by atoms with E-state index in [-0.39, 0.29) is 10.9 Å². The van der Waals surface area contributed by atoms with E-state index in [0.29, 0.717) is 24.2 Å². The fourth-order valence-corrected chi connectivity index (χ4v) is 5.03. The summed E-state index contributed by atoms with van der Waals surface area (Å²) in [5.41, 5.74) is 2.27. The van der Waals surface area contributed by atoms with Crippen molar-refractivity contribution in [2.24, 2.45) is 0 Å². The minimum atomic E-state index is -3.70. The molecule has 0 bridgehead atoms. The van der Waals surface area contributed by atoms with Crippen molar-refractivity contribution in [2.75, 3.05) is 10.8 Å². The van der Waals surface area contributed by atoms with Gasteiger partial charge in [0, 0.05) is 18.7 Å². The number of carbonyl (C=O) groups excluding carboxylic acids is 3. The quantitative estimate of drug-likeness (QED) is 0.461. The van der Waals surface area contributed by atoms with Gasteiger partial charge in [-0.1, -0.05) is 30.3 Å². The maximum Gasteiger partial charge on any atom is 0.331 e. The summed E-state index contributed by atoms with van der Waals surface area (Å²) in [6.45, 7) is 1.75. The lowest BCUT2D eigenvalue weighted by Gasteiger charge is -2.19. The summed E-state index contributed by atoms with van der Waals surface area (Å²) in [6, 6.07) is 13.0. The van der Waals surface area contributed by atoms with Crippen molar-refractivity contribution in [1.29, 1.82) is 0 Å². The lowest BCUT2D eigenvalue weighted by molar-refractivity contribution is -0.149. The monoisotopic (exact) mass is 483 g/mol. The van der Waals surface area contributed by atoms with E-state index in [1.54, 1.807) is 18.2 Å². The zero-order chi connectivity index (χ0) is 24.3. The summed E-state index contributed by atoms with van der Waals surface area (Å²) in [5.74, 6) is -1.49. The maximum atomic E-state index is 13.1. The van der Waals surface area contributed by atoms with Crippen LogP contribution in [0.3, 0.4) is 0 Å². The predicted molar refractivity (Wildman–Crippen MR) is 125 cm³/mol. The predicted octanol–water partition coefficient (Wildman–Crippen LogP) is 2.37. The van der Waals surface area contributed by atoms with Crippen molar-refractivity contribution in [1.82, 2.24) is 10.6 Å². The minimum Gasteiger partial charge on any atom is -0.449 e. The van der Waals surface area contributed by atoms with Crippen LogP contribution in [-0.4, -0.2) is 45.0 Å². The van der Waals surface area contributed by atoms with Crippen molar-refractivity contribution in [2.45, 2.75) is 43.2 Å². The Morgan fingerprint density at radius 1 is 1.09 bits per heavy atom. The van der Waals surface area contributed by atoms with E-state index in [2.05, 4.69) is 10.6 Å². The first-order chi connectivity index (χ1) is 16.2. The number of para-hydroxylation sites is 1. The zero-order valence-electron chi connectivity index (χ0n) is 18.6. The highest BCUT2D eigenvalue weighted by molar-refractivity contribution is 7.92. The van der Waals surface area contributed by atoms with E-state index in [4.69, 9.17) is 4.74 Å². The third-order valence-corrected chi connectivity index (χ3v) is 7.36. The second-order valence-corrected chi connectivity index (χ2v) is 10.0. The molecule has 0 aromatic heterocycles. The number of imide groups is 1. The molecule has 178 valence electrons. The molecule has 2 aromatic carbocycles. The van der Waals surface area contributed by atoms with Crippen molar-refractivity contribution in [3.05, 3.63) is 65.7 Å². The summed E-state index contributed by atoms with van der Waals surface area (Å²) in [4.78, 5) is 35.7. The second-order valence-electron chi connectivity index (χ2n) is 8.17. The van der Waals surface area contributed by atoms with Crippen molar-refractivity contribution in [3.63, 3.8) is 0 Å². The fourth-order valence-electron chi connectivity index (χ4n) is 3.53. The van der Waals surface area contributed by atoms with E-state index < -0.39 is 34.0 Å². The number of urea groups is 1. The maximum absolute atomic E-state index is 13.1. The number of hydrogen-bond acceptors (Lipinski definition) is 6. The first-order valence-electron chi connectivity index (χ1n) is 10.9. The van der Waals surface area contributed by atoms with Crippen LogP contribution in [0.25, 0.3) is 6.08 Å². The lowest BCUT2D eigenvalue weighted by atomic mass is 10.2. The van der Waals surface area contributed by atoms with Crippen LogP contribution in [0.4, 0.5) is 10.5 Å². The number of anilines is 1. The van der Waals surface area contributed by atoms with Crippen LogP contribution in [0.2, 0.25) is 0 Å². The molecule has 34 heavy (non-hydrogen) atoms. The molecule has 1 unspecified atom stereocenters. The number of carbonyl (C=O) groups is 3. The Morgan fingerprint density at radius 3 is 2.50 bits per heavy atom. The van der Waals surface area contributed by atoms with E-state index in [9.17, 15) is 22.8 Å². The van der Waals surface area contributed by atoms with Crippen LogP contribution < -0.4 is 14.9 Å². The van der Waals surface area contributed by atoms with Gasteiger partial charge in [-0.25, -0.2) is 18.0 Å². The first kappa shape index (κ1) is 23.5. The normalized spacial score (nSPS) is 16.1. The molecule has 0 spiro atoms. The molecule has 2 N–H and O–H groups in total. The Morgan fingerprint density at radius 2 is 1.79 bits per heavy atom. The van der Waals surface area contributed by atoms with Gasteiger partial charge < -0.3 is 10.1 Å². The minimum absolute atomic E-state index is 0.0983. The number of nitrogens with zero attached hydrogens (tertiary/aromatic N) is 1. The number of nitrogens with one attached hydrogen (secondary N) is 2. The number of esters is 1. The van der Waals surface area contributed by atoms with Gasteiger partial charge in [-0.05, 0) is 61.6 Å². The standard InChI is InChI=1S/C24H25N3O6S/c1-16(23(29)26-24(30)25-19-9-10-19)33-22(28)13-8-17-6-11-20(12-7-17)34(31,32)27-15-14-18-4-2-3-5-21(18)27/h2-8,11-13,16,19H,9-10,14-15H2,1H3,(H2,25,26,29,30)/b13-8+. The molecule has 1 heterocycles. The molecule has 2 aliphatic rings. The topological polar surface area (TPSA) is 122 Å². The van der Waals surface area contributed by atoms with Gasteiger partial charge in [0.15, 0.2) is 6.10 Å². The molecule has 1 atom stereocenters. The second kappa shape index (κ2) is 9.68. The number of ether oxygens (including phenoxy) is 1. The van der Waals surface area contributed by atoms with Crippen LogP contribution in [0.5, 0.6) is 0 Å². The lowest BCUT2D eigenvalue weighted by Crippen LogP contribution is -2.45. The summed E-state index contributed by atoms with van der Waals surface area (Å²) < 4.78 is 32.6. The third-order valence-electron chi connectivity index (χ3n) is 5.54. The Bertz CT molecular complexity index is 1240. The first-order valence-corrected chi connectivity index (χ1v) is 12.4. The molecule has 0 saturated heterocycles. The average Bonchev–Trinajstić information content (AvgIpc) is 3.51. The largest absolute Gasteiger partial charge is 0.449 e. The molecular formula is C24H25N3O6S. The zero-order valence-corrected chi connectivity index (χ0v) is 19.4. The Labute approximate surface area is 197 Å². The fraction of sp³-hybridized carbons (Fsp3) is 0.292. The van der Waals surface area contributed by atoms with Crippen LogP contribution in [0.15, 0.2) is 59.5 Å². The molecule has 2 aromatic rings. The smallest absolute Gasteiger partial charge is 0.331 e. The van der Waals surface area contributed by atoms with Crippen molar-refractivity contribution < 1.29 is 27.5 Å². The number of benzene rings is 2. The molecule has 3 amide bonds. The van der Waals surface area contributed by atoms with Crippen LogP contribution in [0, 0.1) is 0 Å². The van der Waals surface area contributed by atoms with Gasteiger partial charge in [-0.2, -0.15) is 0 Å². The van der Waals surface area contributed by atoms with Gasteiger partial charge in [0.1, 0.15) is 0 Å². The van der Waals surface area contributed by atoms with E-state index >= 15 is 0 Å². The summed E-state index contributed by atoms with van der Waals surface area (Å²) >= 11 is 0. The van der Waals surface area contributed by atoms with Gasteiger partial charge in [-0.3, -0.25) is 14.4 Å². The number of sulfonamides is 1. The van der Waals surface area contributed by atoms with Gasteiger partial charge in [0.25, 0.3) is 15.9 Å². The molecule has 1 fully saturated rings. The SMILES string of the molecule is CC(OC(=O)/C=C/c1ccc(S(=O)(=O)N2CCc3ccccc32)cc1)C(=O)NC(=O)NC1CC1. The number of rotatable bonds is 7. The van der Waals surface area contributed by atoms with E-state index in [0.717, 1.165) is 24.5 Å². The van der Waals surface area contributed by atoms with Crippen LogP contribution >= 0.6 is 0 Å². The molecule has 4 rings (SSSR count). The molecule has 1 aliphatic carbocycles. The van der Waals surface area contributed by atoms with E-state index in [1.807, 2.05) is 18.2 Å². The van der Waals surface area contributed by atoms with Gasteiger partial charge in [0.2, 0.25) is 0 Å². The third kappa shape index (κ3) is 5.45. The highest BCUT2D eigenvalue weighted by Crippen LogP contribution is 2.32. The molecule has 1 saturated carbocycles. The van der Waals surface area contributed by atoms with Crippen molar-refractivity contribution >= 4 is 39.7 Å². The summed E-state index contributed by atoms with van der Waals surface area (Å²) in [6.07, 6.45) is 3.87. The molecule has 9 nitrogen and oxygen atoms in total. The number of hydrogen-bond donors (Lipinski definition) is 2. The Kier molecular flexibility index (Phi) is 6.69. The summed E-state index contributed by atoms with van der Waals surface area (Å²) in [7, 11) is -3.70. The number of amides is 3. The summed E-state index contributed by atoms with van der Waals surface area (Å²) in [5, 5.41) is 4.73. The highest BCUT2D eigenvalue weighted by atomic mass is 32.2. The molecule has 0 radical (unpaired) electrons. The highest BCUT2D eigenvalue weighted by Gasteiger charge is 2.30. The Balaban J connectivity index is 1.33. The average molecular weight is 484 g/mol. The van der Waals surface area contributed by atoms with Gasteiger partial charge >= 0.3 is 12.0 Å². The van der Waals surface area contributed by atoms with E-state index in [1.165, 1.54) is 29.4 Å². The molecule has 10 heteroatoms. The van der Waals surface area contributed by atoms with Crippen molar-refractivity contribution in [3.8, 4) is 0 Å².